The van der Waals surface area contributed by atoms with Gasteiger partial charge in [0.05, 0.1) is 14.2 Å². The van der Waals surface area contributed by atoms with Crippen LogP contribution < -0.4 is 9.47 Å². The smallest absolute Gasteiger partial charge is 0.130 e. The van der Waals surface area contributed by atoms with Crippen molar-refractivity contribution in [3.63, 3.8) is 0 Å². The first kappa shape index (κ1) is 11.4. The molecular weight excluding hydrogens is 224 g/mol. The van der Waals surface area contributed by atoms with Crippen LogP contribution in [0.25, 0.3) is 10.8 Å². The Bertz CT molecular complexity index is 535. The molecule has 0 bridgehead atoms. The van der Waals surface area contributed by atoms with E-state index in [4.69, 9.17) is 9.47 Å². The standard InChI is InChI=1S/C16H18O2/c1-17-15-11-7-3-5-9-13(11)16(18-2)14-10-6-4-8-12(14)15/h3,5,7,9H,4,6,8,10H2,1-2H3. The highest BCUT2D eigenvalue weighted by molar-refractivity contribution is 5.96. The van der Waals surface area contributed by atoms with Crippen molar-refractivity contribution in [2.75, 3.05) is 14.2 Å². The molecule has 0 amide bonds. The van der Waals surface area contributed by atoms with E-state index in [-0.39, 0.29) is 0 Å². The van der Waals surface area contributed by atoms with Gasteiger partial charge in [-0.2, -0.15) is 0 Å². The van der Waals surface area contributed by atoms with Crippen molar-refractivity contribution in [3.8, 4) is 11.5 Å². The van der Waals surface area contributed by atoms with Crippen molar-refractivity contribution >= 4 is 10.8 Å². The summed E-state index contributed by atoms with van der Waals surface area (Å²) in [5.74, 6) is 2.09. The van der Waals surface area contributed by atoms with Crippen LogP contribution >= 0.6 is 0 Å². The summed E-state index contributed by atoms with van der Waals surface area (Å²) >= 11 is 0. The largest absolute Gasteiger partial charge is 0.496 e. The van der Waals surface area contributed by atoms with Gasteiger partial charge in [0.1, 0.15) is 11.5 Å². The molecule has 1 aliphatic rings. The number of rotatable bonds is 2. The predicted octanol–water partition coefficient (Wildman–Crippen LogP) is 3.74. The summed E-state index contributed by atoms with van der Waals surface area (Å²) in [6.07, 6.45) is 4.68. The lowest BCUT2D eigenvalue weighted by Crippen LogP contribution is -2.08. The summed E-state index contributed by atoms with van der Waals surface area (Å²) in [7, 11) is 3.53. The fourth-order valence-electron chi connectivity index (χ4n) is 3.08. The molecule has 0 unspecified atom stereocenters. The van der Waals surface area contributed by atoms with E-state index < -0.39 is 0 Å². The molecule has 2 aromatic rings. The Morgan fingerprint density at radius 3 is 1.61 bits per heavy atom. The van der Waals surface area contributed by atoms with E-state index in [0.29, 0.717) is 0 Å². The molecule has 94 valence electrons. The second kappa shape index (κ2) is 4.52. The molecule has 2 aromatic carbocycles. The SMILES string of the molecule is COc1c2c(c(OC)c3ccccc13)CCCC2. The molecule has 0 radical (unpaired) electrons. The highest BCUT2D eigenvalue weighted by Gasteiger charge is 2.22. The number of fused-ring (bicyclic) bond motifs is 2. The third kappa shape index (κ3) is 1.56. The lowest BCUT2D eigenvalue weighted by molar-refractivity contribution is 0.397. The van der Waals surface area contributed by atoms with Crippen LogP contribution in [-0.2, 0) is 12.8 Å². The molecule has 2 nitrogen and oxygen atoms in total. The zero-order chi connectivity index (χ0) is 12.5. The highest BCUT2D eigenvalue weighted by Crippen LogP contribution is 2.43. The molecule has 0 heterocycles. The van der Waals surface area contributed by atoms with E-state index in [0.717, 1.165) is 35.1 Å². The van der Waals surface area contributed by atoms with Gasteiger partial charge in [-0.25, -0.2) is 0 Å². The van der Waals surface area contributed by atoms with Gasteiger partial charge in [-0.1, -0.05) is 24.3 Å². The number of benzene rings is 2. The van der Waals surface area contributed by atoms with E-state index in [1.807, 2.05) is 0 Å². The van der Waals surface area contributed by atoms with E-state index in [1.165, 1.54) is 24.0 Å². The maximum absolute atomic E-state index is 5.67. The highest BCUT2D eigenvalue weighted by atomic mass is 16.5. The van der Waals surface area contributed by atoms with Crippen molar-refractivity contribution < 1.29 is 9.47 Å². The topological polar surface area (TPSA) is 18.5 Å². The average Bonchev–Trinajstić information content (AvgIpc) is 2.44. The normalized spacial score (nSPS) is 14.3. The minimum absolute atomic E-state index is 1.04. The Hall–Kier alpha value is -1.70. The van der Waals surface area contributed by atoms with Gasteiger partial charge in [-0.05, 0) is 25.7 Å². The molecule has 0 spiro atoms. The van der Waals surface area contributed by atoms with Crippen LogP contribution in [0.4, 0.5) is 0 Å². The lowest BCUT2D eigenvalue weighted by atomic mass is 9.87. The Morgan fingerprint density at radius 2 is 1.22 bits per heavy atom. The molecule has 0 aliphatic heterocycles. The molecule has 0 fully saturated rings. The van der Waals surface area contributed by atoms with Gasteiger partial charge in [0.25, 0.3) is 0 Å². The van der Waals surface area contributed by atoms with E-state index >= 15 is 0 Å². The third-order valence-electron chi connectivity index (χ3n) is 3.84. The van der Waals surface area contributed by atoms with Gasteiger partial charge < -0.3 is 9.47 Å². The van der Waals surface area contributed by atoms with Crippen molar-refractivity contribution in [2.24, 2.45) is 0 Å². The maximum Gasteiger partial charge on any atom is 0.130 e. The van der Waals surface area contributed by atoms with Crippen LogP contribution in [0, 0.1) is 0 Å². The Morgan fingerprint density at radius 1 is 0.778 bits per heavy atom. The maximum atomic E-state index is 5.67. The van der Waals surface area contributed by atoms with Crippen molar-refractivity contribution in [3.05, 3.63) is 35.4 Å². The second-order valence-corrected chi connectivity index (χ2v) is 4.78. The van der Waals surface area contributed by atoms with Gasteiger partial charge in [-0.15, -0.1) is 0 Å². The summed E-state index contributed by atoms with van der Waals surface area (Å²) in [6.45, 7) is 0. The number of hydrogen-bond donors (Lipinski definition) is 0. The quantitative estimate of drug-likeness (QED) is 0.798. The molecule has 0 saturated carbocycles. The monoisotopic (exact) mass is 242 g/mol. The molecule has 1 aliphatic carbocycles. The average molecular weight is 242 g/mol. The minimum Gasteiger partial charge on any atom is -0.496 e. The zero-order valence-corrected chi connectivity index (χ0v) is 11.0. The molecule has 3 rings (SSSR count). The van der Waals surface area contributed by atoms with Crippen LogP contribution in [-0.4, -0.2) is 14.2 Å². The first-order valence-corrected chi connectivity index (χ1v) is 6.51. The molecule has 0 aromatic heterocycles. The van der Waals surface area contributed by atoms with Crippen LogP contribution in [0.3, 0.4) is 0 Å². The fourth-order valence-corrected chi connectivity index (χ4v) is 3.08. The van der Waals surface area contributed by atoms with Crippen LogP contribution in [0.1, 0.15) is 24.0 Å². The zero-order valence-electron chi connectivity index (χ0n) is 11.0. The first-order chi connectivity index (χ1) is 8.86. The Kier molecular flexibility index (Phi) is 2.86. The molecular formula is C16H18O2. The van der Waals surface area contributed by atoms with Crippen molar-refractivity contribution in [1.82, 2.24) is 0 Å². The summed E-state index contributed by atoms with van der Waals surface area (Å²) in [5.41, 5.74) is 2.69. The molecule has 0 N–H and O–H groups in total. The molecule has 2 heteroatoms. The van der Waals surface area contributed by atoms with Gasteiger partial charge >= 0.3 is 0 Å². The van der Waals surface area contributed by atoms with Crippen molar-refractivity contribution in [2.45, 2.75) is 25.7 Å². The van der Waals surface area contributed by atoms with Gasteiger partial charge in [0.15, 0.2) is 0 Å². The second-order valence-electron chi connectivity index (χ2n) is 4.78. The summed E-state index contributed by atoms with van der Waals surface area (Å²) in [5, 5.41) is 2.33. The minimum atomic E-state index is 1.04. The van der Waals surface area contributed by atoms with Crippen LogP contribution in [0.15, 0.2) is 24.3 Å². The van der Waals surface area contributed by atoms with Crippen LogP contribution in [0.5, 0.6) is 11.5 Å². The van der Waals surface area contributed by atoms with Gasteiger partial charge in [0.2, 0.25) is 0 Å². The van der Waals surface area contributed by atoms with Gasteiger partial charge in [-0.3, -0.25) is 0 Å². The third-order valence-corrected chi connectivity index (χ3v) is 3.84. The fraction of sp³-hybridized carbons (Fsp3) is 0.375. The summed E-state index contributed by atoms with van der Waals surface area (Å²) < 4.78 is 11.3. The van der Waals surface area contributed by atoms with E-state index in [1.54, 1.807) is 14.2 Å². The number of ether oxygens (including phenoxy) is 2. The molecule has 0 saturated heterocycles. The van der Waals surface area contributed by atoms with E-state index in [9.17, 15) is 0 Å². The van der Waals surface area contributed by atoms with Crippen molar-refractivity contribution in [1.29, 1.82) is 0 Å². The number of methoxy groups -OCH3 is 2. The number of hydrogen-bond acceptors (Lipinski definition) is 2. The summed E-state index contributed by atoms with van der Waals surface area (Å²) in [6, 6.07) is 8.34. The first-order valence-electron chi connectivity index (χ1n) is 6.51. The molecule has 0 atom stereocenters. The predicted molar refractivity (Wildman–Crippen MR) is 73.7 cm³/mol. The summed E-state index contributed by atoms with van der Waals surface area (Å²) in [4.78, 5) is 0. The van der Waals surface area contributed by atoms with Crippen LogP contribution in [0.2, 0.25) is 0 Å². The Balaban J connectivity index is 2.42. The van der Waals surface area contributed by atoms with E-state index in [2.05, 4.69) is 24.3 Å². The van der Waals surface area contributed by atoms with Gasteiger partial charge in [0, 0.05) is 21.9 Å². The Labute approximate surface area is 108 Å². The molecule has 18 heavy (non-hydrogen) atoms. The lowest BCUT2D eigenvalue weighted by Gasteiger charge is -2.23.